The highest BCUT2D eigenvalue weighted by Gasteiger charge is 2.47. The lowest BCUT2D eigenvalue weighted by atomic mass is 9.79. The maximum atomic E-state index is 13.8. The van der Waals surface area contributed by atoms with Gasteiger partial charge in [-0.15, -0.1) is 5.10 Å². The van der Waals surface area contributed by atoms with Crippen LogP contribution < -0.4 is 0 Å². The highest BCUT2D eigenvalue weighted by atomic mass is 127. The molecule has 0 aliphatic carbocycles. The van der Waals surface area contributed by atoms with E-state index in [0.29, 0.717) is 36.8 Å². The number of rotatable bonds is 11. The number of hydrogen-bond donors (Lipinski definition) is 3. The second-order valence-electron chi connectivity index (χ2n) is 16.7. The van der Waals surface area contributed by atoms with Gasteiger partial charge in [-0.05, 0) is 84.9 Å². The molecule has 0 spiro atoms. The number of likely N-dealkylation sites (N-methyl/N-ethyl adjacent to an activating group) is 1. The lowest BCUT2D eigenvalue weighted by Crippen LogP contribution is -2.63. The SMILES string of the molecule is C.CC[C@H]1OC(=O)C[C@@H](O)[C@H](C)[C@@H](O[C@@H]2O[C@H](C)[C@@H](O)C(N(C)C)C2O)[C@@H](CCN(C)Cc2cn(-c3cnc4ccccc4c3)nn2)C[C@@H](C)C(=O)/C=C/C(C)=C/[C@@H]1CI. The Morgan fingerprint density at radius 1 is 1.05 bits per heavy atom. The van der Waals surface area contributed by atoms with E-state index in [1.54, 1.807) is 42.9 Å². The number of esters is 1. The minimum Gasteiger partial charge on any atom is -0.462 e. The molecule has 0 amide bonds. The van der Waals surface area contributed by atoms with Crippen molar-refractivity contribution in [3.63, 3.8) is 0 Å². The number of para-hydroxylation sites is 1. The standard InChI is InChI=1S/C44H63IN6O8.CH4/c1-9-38-32(22-45)18-26(2)14-15-36(52)27(3)19-31(16-17-50(8)24-33-25-51(48-47-33)34-20-30-12-10-11-13-35(30)46-23-34)43(28(4)37(53)21-39(54)58-38)59-44-42(56)40(49(6)7)41(55)29(5)57-44;/h10-15,18,20,23,25,27-29,31-32,37-38,40-44,53,55-56H,9,16-17,19,21-22,24H2,1-8H3;1H4/b15-14+,26-18+;/t27-,28+,29-,31+,32-,37-,38-,40?,41-,42?,43-,44+;/m1./s1. The zero-order valence-electron chi connectivity index (χ0n) is 35.6. The van der Waals surface area contributed by atoms with Crippen molar-refractivity contribution in [1.82, 2.24) is 29.8 Å². The van der Waals surface area contributed by atoms with Crippen LogP contribution in [0.15, 0.2) is 66.5 Å². The van der Waals surface area contributed by atoms with Gasteiger partial charge in [0.05, 0.1) is 66.2 Å². The van der Waals surface area contributed by atoms with E-state index in [4.69, 9.17) is 14.2 Å². The van der Waals surface area contributed by atoms with E-state index in [9.17, 15) is 24.9 Å². The van der Waals surface area contributed by atoms with Gasteiger partial charge in [-0.2, -0.15) is 0 Å². The topological polar surface area (TPSA) is 173 Å². The number of allylic oxidation sites excluding steroid dienone is 3. The number of aliphatic hydroxyl groups excluding tert-OH is 3. The number of alkyl halides is 1. The summed E-state index contributed by atoms with van der Waals surface area (Å²) in [4.78, 5) is 35.7. The molecule has 0 radical (unpaired) electrons. The first-order valence-corrected chi connectivity index (χ1v) is 22.2. The third-order valence-corrected chi connectivity index (χ3v) is 12.8. The van der Waals surface area contributed by atoms with Crippen molar-refractivity contribution in [3.8, 4) is 5.69 Å². The second-order valence-corrected chi connectivity index (χ2v) is 17.6. The molecule has 3 aromatic rings. The Morgan fingerprint density at radius 2 is 1.78 bits per heavy atom. The molecule has 2 aromatic heterocycles. The van der Waals surface area contributed by atoms with Crippen LogP contribution in [0.5, 0.6) is 0 Å². The number of halogens is 1. The Hall–Kier alpha value is -3.16. The number of aliphatic hydroxyl groups is 3. The maximum Gasteiger partial charge on any atom is 0.308 e. The van der Waals surface area contributed by atoms with Crippen LogP contribution in [0.2, 0.25) is 0 Å². The van der Waals surface area contributed by atoms with Crippen molar-refractivity contribution < 1.29 is 39.1 Å². The highest BCUT2D eigenvalue weighted by molar-refractivity contribution is 14.1. The van der Waals surface area contributed by atoms with Crippen molar-refractivity contribution in [2.45, 2.75) is 123 Å². The molecular formula is C45H67IN6O8. The molecule has 332 valence electrons. The molecule has 12 atom stereocenters. The van der Waals surface area contributed by atoms with Gasteiger partial charge in [0.1, 0.15) is 12.2 Å². The number of carbonyl (C=O) groups excluding carboxylic acids is 2. The minimum absolute atomic E-state index is 0. The van der Waals surface area contributed by atoms with E-state index in [0.717, 1.165) is 27.9 Å². The van der Waals surface area contributed by atoms with Gasteiger partial charge in [0.2, 0.25) is 0 Å². The molecule has 1 fully saturated rings. The first kappa shape index (κ1) is 49.5. The second kappa shape index (κ2) is 22.8. The van der Waals surface area contributed by atoms with E-state index in [-0.39, 0.29) is 31.5 Å². The minimum atomic E-state index is -1.23. The molecule has 14 nitrogen and oxygen atoms in total. The number of fused-ring (bicyclic) bond motifs is 1. The summed E-state index contributed by atoms with van der Waals surface area (Å²) in [6.07, 6.45) is 3.97. The molecule has 4 heterocycles. The quantitative estimate of drug-likeness (QED) is 0.124. The number of ether oxygens (including phenoxy) is 3. The van der Waals surface area contributed by atoms with Crippen LogP contribution in [0.1, 0.15) is 73.4 Å². The van der Waals surface area contributed by atoms with Gasteiger partial charge in [-0.25, -0.2) is 4.68 Å². The molecule has 2 unspecified atom stereocenters. The summed E-state index contributed by atoms with van der Waals surface area (Å²) >= 11 is 2.28. The number of aromatic nitrogens is 4. The summed E-state index contributed by atoms with van der Waals surface area (Å²) in [5.41, 5.74) is 3.34. The number of carbonyl (C=O) groups is 2. The Morgan fingerprint density at radius 3 is 2.48 bits per heavy atom. The van der Waals surface area contributed by atoms with Crippen LogP contribution in [0.3, 0.4) is 0 Å². The van der Waals surface area contributed by atoms with Gasteiger partial charge in [0.15, 0.2) is 12.1 Å². The molecule has 1 aromatic carbocycles. The van der Waals surface area contributed by atoms with Gasteiger partial charge in [-0.3, -0.25) is 14.6 Å². The number of hydrogen-bond acceptors (Lipinski definition) is 13. The third kappa shape index (κ3) is 12.7. The Kier molecular flexibility index (Phi) is 18.8. The normalized spacial score (nSPS) is 32.7. The van der Waals surface area contributed by atoms with E-state index in [1.807, 2.05) is 83.4 Å². The van der Waals surface area contributed by atoms with Gasteiger partial charge in [0, 0.05) is 34.1 Å². The molecule has 15 heteroatoms. The lowest BCUT2D eigenvalue weighted by molar-refractivity contribution is -0.304. The average molecular weight is 947 g/mol. The summed E-state index contributed by atoms with van der Waals surface area (Å²) in [5.74, 6) is -2.06. The lowest BCUT2D eigenvalue weighted by Gasteiger charge is -2.46. The van der Waals surface area contributed by atoms with Crippen LogP contribution in [0, 0.1) is 23.7 Å². The fraction of sp³-hybridized carbons (Fsp3) is 0.622. The molecular weight excluding hydrogens is 879 g/mol. The third-order valence-electron chi connectivity index (χ3n) is 11.8. The summed E-state index contributed by atoms with van der Waals surface area (Å²) in [6, 6.07) is 9.22. The predicted molar refractivity (Wildman–Crippen MR) is 241 cm³/mol. The number of nitrogens with zero attached hydrogens (tertiary/aromatic N) is 6. The van der Waals surface area contributed by atoms with Crippen LogP contribution in [0.4, 0.5) is 0 Å². The van der Waals surface area contributed by atoms with Crippen molar-refractivity contribution >= 4 is 45.2 Å². The monoisotopic (exact) mass is 946 g/mol. The van der Waals surface area contributed by atoms with Crippen LogP contribution in [-0.2, 0) is 30.3 Å². The number of benzene rings is 1. The zero-order chi connectivity index (χ0) is 43.0. The Bertz CT molecular complexity index is 1910. The van der Waals surface area contributed by atoms with Crippen LogP contribution >= 0.6 is 22.6 Å². The maximum absolute atomic E-state index is 13.8. The summed E-state index contributed by atoms with van der Waals surface area (Å²) in [6.45, 7) is 10.4. The van der Waals surface area contributed by atoms with E-state index < -0.39 is 66.8 Å². The van der Waals surface area contributed by atoms with Gasteiger partial charge < -0.3 is 39.3 Å². The van der Waals surface area contributed by atoms with Gasteiger partial charge in [-0.1, -0.05) is 91.9 Å². The average Bonchev–Trinajstić information content (AvgIpc) is 3.68. The Balaban J connectivity index is 0.00000794. The van der Waals surface area contributed by atoms with Crippen molar-refractivity contribution in [2.75, 3.05) is 32.1 Å². The van der Waals surface area contributed by atoms with Crippen molar-refractivity contribution in [1.29, 1.82) is 0 Å². The Labute approximate surface area is 369 Å². The smallest absolute Gasteiger partial charge is 0.308 e. The fourth-order valence-corrected chi connectivity index (χ4v) is 9.08. The van der Waals surface area contributed by atoms with E-state index in [1.165, 1.54) is 0 Å². The molecule has 2 aliphatic heterocycles. The van der Waals surface area contributed by atoms with E-state index in [2.05, 4.69) is 42.8 Å². The largest absolute Gasteiger partial charge is 0.462 e. The zero-order valence-corrected chi connectivity index (χ0v) is 37.8. The molecule has 2 aliphatic rings. The van der Waals surface area contributed by atoms with Gasteiger partial charge in [0.25, 0.3) is 0 Å². The summed E-state index contributed by atoms with van der Waals surface area (Å²) in [7, 11) is 5.53. The first-order chi connectivity index (χ1) is 28.1. The summed E-state index contributed by atoms with van der Waals surface area (Å²) < 4.78 is 21.3. The summed E-state index contributed by atoms with van der Waals surface area (Å²) in [5, 5.41) is 44.2. The van der Waals surface area contributed by atoms with Crippen molar-refractivity contribution in [3.05, 3.63) is 72.2 Å². The highest BCUT2D eigenvalue weighted by Crippen LogP contribution is 2.35. The fourth-order valence-electron chi connectivity index (χ4n) is 8.25. The van der Waals surface area contributed by atoms with Gasteiger partial charge >= 0.3 is 5.97 Å². The molecule has 5 rings (SSSR count). The predicted octanol–water partition coefficient (Wildman–Crippen LogP) is 5.54. The van der Waals surface area contributed by atoms with Crippen molar-refractivity contribution in [2.24, 2.45) is 23.7 Å². The molecule has 3 N–H and O–H groups in total. The van der Waals surface area contributed by atoms with Crippen LogP contribution in [0.25, 0.3) is 16.6 Å². The number of pyridine rings is 1. The first-order valence-electron chi connectivity index (χ1n) is 20.7. The molecule has 0 bridgehead atoms. The molecule has 60 heavy (non-hydrogen) atoms. The van der Waals surface area contributed by atoms with Crippen LogP contribution in [-0.4, -0.2) is 138 Å². The molecule has 0 saturated carbocycles. The number of ketones is 1. The molecule has 1 saturated heterocycles. The van der Waals surface area contributed by atoms with E-state index >= 15 is 0 Å². The number of cyclic esters (lactones) is 1.